The Morgan fingerprint density at radius 1 is 1.46 bits per heavy atom. The Bertz CT molecular complexity index is 297. The Morgan fingerprint density at radius 3 is 2.38 bits per heavy atom. The Balaban J connectivity index is 2.87. The maximum absolute atomic E-state index is 10.4. The van der Waals surface area contributed by atoms with E-state index in [4.69, 9.17) is 0 Å². The molecule has 0 fully saturated rings. The Hall–Kier alpha value is -0.590. The molecule has 70 valence electrons. The molecule has 3 nitrogen and oxygen atoms in total. The molecule has 0 aliphatic carbocycles. The summed E-state index contributed by atoms with van der Waals surface area (Å²) in [4.78, 5) is 9.99. The Morgan fingerprint density at radius 2 is 2.00 bits per heavy atom. The third-order valence-corrected chi connectivity index (χ3v) is 3.51. The molecule has 1 aromatic carbocycles. The molecule has 0 saturated heterocycles. The summed E-state index contributed by atoms with van der Waals surface area (Å²) in [7, 11) is 0. The molecule has 1 rings (SSSR count). The fourth-order valence-corrected chi connectivity index (χ4v) is 1.63. The van der Waals surface area contributed by atoms with Gasteiger partial charge in [0.25, 0.3) is 0 Å². The molecule has 0 N–H and O–H groups in total. The van der Waals surface area contributed by atoms with Crippen molar-refractivity contribution in [1.29, 1.82) is 0 Å². The molecule has 0 aliphatic rings. The predicted molar refractivity (Wildman–Crippen MR) is 53.5 cm³/mol. The summed E-state index contributed by atoms with van der Waals surface area (Å²) in [5.74, 6) is 0.495. The summed E-state index contributed by atoms with van der Waals surface area (Å²) in [5, 5.41) is 10.4. The molecule has 1 unspecified atom stereocenters. The molecule has 1 aromatic rings. The van der Waals surface area contributed by atoms with E-state index in [9.17, 15) is 10.1 Å². The molecule has 0 radical (unpaired) electrons. The quantitative estimate of drug-likeness (QED) is 0.486. The van der Waals surface area contributed by atoms with Crippen LogP contribution in [0.2, 0.25) is 4.47 Å². The third kappa shape index (κ3) is 2.68. The van der Waals surface area contributed by atoms with E-state index in [2.05, 4.69) is 6.92 Å². The van der Waals surface area contributed by atoms with Crippen molar-refractivity contribution in [3.63, 3.8) is 0 Å². The second-order valence-electron chi connectivity index (χ2n) is 2.93. The Labute approximate surface area is 90.2 Å². The van der Waals surface area contributed by atoms with Crippen LogP contribution in [0.1, 0.15) is 18.4 Å². The molecule has 0 aliphatic heterocycles. The van der Waals surface area contributed by atoms with Gasteiger partial charge in [0.15, 0.2) is 0 Å². The van der Waals surface area contributed by atoms with E-state index in [-0.39, 0.29) is 10.6 Å². The molecule has 0 aromatic heterocycles. The molecule has 0 amide bonds. The number of hydrogen-bond donors (Lipinski definition) is 0. The molecule has 0 heterocycles. The summed E-state index contributed by atoms with van der Waals surface area (Å²) < 4.78 is 1.10. The van der Waals surface area contributed by atoms with Gasteiger partial charge in [-0.25, -0.2) is 0 Å². The van der Waals surface area contributed by atoms with Crippen molar-refractivity contribution in [2.75, 3.05) is 0 Å². The molecule has 1 atom stereocenters. The number of rotatable bonds is 3. The van der Waals surface area contributed by atoms with Gasteiger partial charge in [0.2, 0.25) is 0 Å². The van der Waals surface area contributed by atoms with Gasteiger partial charge in [-0.2, -0.15) is 0 Å². The van der Waals surface area contributed by atoms with E-state index in [1.54, 1.807) is 34.4 Å². The van der Waals surface area contributed by atoms with E-state index in [0.717, 1.165) is 4.47 Å². The average molecular weight is 293 g/mol. The summed E-state index contributed by atoms with van der Waals surface area (Å²) in [5.41, 5.74) is 1.34. The zero-order valence-electron chi connectivity index (χ0n) is 7.30. The van der Waals surface area contributed by atoms with Gasteiger partial charge in [0.1, 0.15) is 0 Å². The second kappa shape index (κ2) is 4.59. The van der Waals surface area contributed by atoms with E-state index in [0.29, 0.717) is 5.92 Å². The number of nitrogens with zero attached hydrogens (tertiary/aromatic N) is 1. The fourth-order valence-electron chi connectivity index (χ4n) is 1.03. The van der Waals surface area contributed by atoms with Gasteiger partial charge in [-0.1, -0.05) is 0 Å². The summed E-state index contributed by atoms with van der Waals surface area (Å²) in [6.07, 6.45) is 0. The van der Waals surface area contributed by atoms with Crippen molar-refractivity contribution in [3.05, 3.63) is 39.9 Å². The SMILES string of the molecule is CC(C[TeH])c1ccc([N+](=O)[O-])cc1. The van der Waals surface area contributed by atoms with Crippen LogP contribution in [0.4, 0.5) is 5.69 Å². The Kier molecular flexibility index (Phi) is 3.70. The van der Waals surface area contributed by atoms with Crippen LogP contribution in [0.25, 0.3) is 0 Å². The maximum atomic E-state index is 10.4. The third-order valence-electron chi connectivity index (χ3n) is 1.95. The van der Waals surface area contributed by atoms with Gasteiger partial charge in [0, 0.05) is 0 Å². The fraction of sp³-hybridized carbons (Fsp3) is 0.333. The van der Waals surface area contributed by atoms with Crippen molar-refractivity contribution in [2.45, 2.75) is 17.3 Å². The number of benzene rings is 1. The van der Waals surface area contributed by atoms with Crippen LogP contribution in [0.3, 0.4) is 0 Å². The molecule has 0 saturated carbocycles. The van der Waals surface area contributed by atoms with Gasteiger partial charge in [-0.05, 0) is 0 Å². The average Bonchev–Trinajstić information content (AvgIpc) is 2.17. The van der Waals surface area contributed by atoms with Crippen LogP contribution in [-0.2, 0) is 0 Å². The van der Waals surface area contributed by atoms with E-state index >= 15 is 0 Å². The van der Waals surface area contributed by atoms with Crippen LogP contribution in [0.15, 0.2) is 24.3 Å². The van der Waals surface area contributed by atoms with Crippen LogP contribution < -0.4 is 0 Å². The molecule has 13 heavy (non-hydrogen) atoms. The van der Waals surface area contributed by atoms with Crippen molar-refractivity contribution in [3.8, 4) is 0 Å². The zero-order chi connectivity index (χ0) is 9.84. The van der Waals surface area contributed by atoms with Gasteiger partial charge in [-0.15, -0.1) is 0 Å². The van der Waals surface area contributed by atoms with E-state index < -0.39 is 0 Å². The number of non-ortho nitro benzene ring substituents is 1. The zero-order valence-corrected chi connectivity index (χ0v) is 9.86. The summed E-state index contributed by atoms with van der Waals surface area (Å²) in [6.45, 7) is 2.12. The molecular formula is C9H11NO2Te. The summed E-state index contributed by atoms with van der Waals surface area (Å²) >= 11 is 1.77. The monoisotopic (exact) mass is 295 g/mol. The molecule has 4 heteroatoms. The minimum absolute atomic E-state index is 0.163. The van der Waals surface area contributed by atoms with Crippen molar-refractivity contribution >= 4 is 28.0 Å². The number of nitro benzene ring substituents is 1. The molecule has 0 bridgehead atoms. The topological polar surface area (TPSA) is 43.1 Å². The first kappa shape index (κ1) is 10.5. The van der Waals surface area contributed by atoms with Crippen molar-refractivity contribution in [1.82, 2.24) is 0 Å². The van der Waals surface area contributed by atoms with E-state index in [1.165, 1.54) is 5.56 Å². The van der Waals surface area contributed by atoms with Crippen molar-refractivity contribution in [2.24, 2.45) is 0 Å². The first-order valence-corrected chi connectivity index (χ1v) is 5.81. The standard InChI is InChI=1S/C9H11NO2Te/c1-7(6-13)8-2-4-9(5-3-8)10(11)12/h2-5,7,13H,6H2,1H3. The first-order chi connectivity index (χ1) is 6.15. The van der Waals surface area contributed by atoms with Gasteiger partial charge in [-0.3, -0.25) is 0 Å². The predicted octanol–water partition coefficient (Wildman–Crippen LogP) is 2.02. The molecule has 0 spiro atoms. The summed E-state index contributed by atoms with van der Waals surface area (Å²) in [6, 6.07) is 6.79. The van der Waals surface area contributed by atoms with Crippen LogP contribution in [-0.4, -0.2) is 27.2 Å². The first-order valence-electron chi connectivity index (χ1n) is 4.00. The normalized spacial score (nSPS) is 12.5. The molecular weight excluding hydrogens is 282 g/mol. The van der Waals surface area contributed by atoms with Crippen molar-refractivity contribution < 1.29 is 4.92 Å². The van der Waals surface area contributed by atoms with Gasteiger partial charge < -0.3 is 0 Å². The number of hydrogen-bond acceptors (Lipinski definition) is 2. The minimum atomic E-state index is -0.371. The second-order valence-corrected chi connectivity index (χ2v) is 3.97. The van der Waals surface area contributed by atoms with Gasteiger partial charge in [0.05, 0.1) is 0 Å². The van der Waals surface area contributed by atoms with Gasteiger partial charge >= 0.3 is 90.2 Å². The van der Waals surface area contributed by atoms with Crippen LogP contribution >= 0.6 is 0 Å². The number of nitro groups is 1. The van der Waals surface area contributed by atoms with Crippen LogP contribution in [0.5, 0.6) is 0 Å². The van der Waals surface area contributed by atoms with E-state index in [1.807, 2.05) is 12.1 Å². The van der Waals surface area contributed by atoms with Crippen LogP contribution in [0, 0.1) is 10.1 Å².